The zero-order chi connectivity index (χ0) is 20.1. The number of fused-ring (bicyclic) bond motifs is 1. The summed E-state index contributed by atoms with van der Waals surface area (Å²) in [5.41, 5.74) is 1.92. The minimum absolute atomic E-state index is 0.268. The second kappa shape index (κ2) is 8.97. The van der Waals surface area contributed by atoms with Crippen LogP contribution in [0.1, 0.15) is 36.8 Å². The Hall–Kier alpha value is -2.38. The van der Waals surface area contributed by atoms with Gasteiger partial charge in [-0.1, -0.05) is 30.7 Å². The van der Waals surface area contributed by atoms with Gasteiger partial charge < -0.3 is 10.1 Å². The van der Waals surface area contributed by atoms with Crippen LogP contribution in [0.2, 0.25) is 0 Å². The Morgan fingerprint density at radius 1 is 1.03 bits per heavy atom. The van der Waals surface area contributed by atoms with E-state index in [1.54, 1.807) is 18.2 Å². The Morgan fingerprint density at radius 3 is 2.72 bits per heavy atom. The van der Waals surface area contributed by atoms with E-state index in [4.69, 9.17) is 4.74 Å². The van der Waals surface area contributed by atoms with Crippen LogP contribution in [0.4, 0.5) is 0 Å². The van der Waals surface area contributed by atoms with Gasteiger partial charge in [-0.15, -0.1) is 4.40 Å². The molecule has 0 saturated carbocycles. The number of hydrogen-bond acceptors (Lipinski definition) is 5. The second-order valence-electron chi connectivity index (χ2n) is 7.52. The van der Waals surface area contributed by atoms with E-state index in [1.807, 2.05) is 18.2 Å². The average molecular weight is 414 g/mol. The number of sulfonamides is 1. The number of nitrogens with zero attached hydrogens (tertiary/aromatic N) is 2. The maximum absolute atomic E-state index is 12.1. The lowest BCUT2D eigenvalue weighted by atomic mass is 10.1. The zero-order valence-corrected chi connectivity index (χ0v) is 17.3. The van der Waals surface area contributed by atoms with Crippen molar-refractivity contribution in [2.45, 2.75) is 37.1 Å². The summed E-state index contributed by atoms with van der Waals surface area (Å²) in [6.45, 7) is 4.49. The molecule has 1 N–H and O–H groups in total. The lowest BCUT2D eigenvalue weighted by molar-refractivity contribution is 0.220. The molecule has 0 aromatic heterocycles. The van der Waals surface area contributed by atoms with Crippen molar-refractivity contribution in [2.75, 3.05) is 26.2 Å². The fourth-order valence-electron chi connectivity index (χ4n) is 3.81. The molecule has 1 fully saturated rings. The number of hydrogen-bond donors (Lipinski definition) is 1. The number of nitrogens with one attached hydrogen (secondary N) is 1. The van der Waals surface area contributed by atoms with Crippen molar-refractivity contribution in [3.8, 4) is 5.75 Å². The molecule has 6 nitrogen and oxygen atoms in total. The molecule has 0 radical (unpaired) electrons. The summed E-state index contributed by atoms with van der Waals surface area (Å²) in [5, 5.41) is 3.13. The Bertz CT molecular complexity index is 982. The van der Waals surface area contributed by atoms with Crippen LogP contribution in [0.25, 0.3) is 0 Å². The van der Waals surface area contributed by atoms with Crippen LogP contribution in [0.15, 0.2) is 57.8 Å². The highest BCUT2D eigenvalue weighted by molar-refractivity contribution is 7.90. The van der Waals surface area contributed by atoms with Gasteiger partial charge in [0.05, 0.1) is 6.61 Å². The minimum Gasteiger partial charge on any atom is -0.494 e. The summed E-state index contributed by atoms with van der Waals surface area (Å²) in [7, 11) is -3.57. The molecule has 0 spiro atoms. The molecule has 29 heavy (non-hydrogen) atoms. The molecule has 2 aliphatic rings. The van der Waals surface area contributed by atoms with E-state index in [2.05, 4.69) is 26.7 Å². The summed E-state index contributed by atoms with van der Waals surface area (Å²) in [4.78, 5) is 2.77. The van der Waals surface area contributed by atoms with Gasteiger partial charge >= 0.3 is 0 Å². The quantitative estimate of drug-likeness (QED) is 0.706. The molecular weight excluding hydrogens is 386 g/mol. The lowest BCUT2D eigenvalue weighted by Gasteiger charge is -2.26. The first-order valence-corrected chi connectivity index (χ1v) is 11.7. The van der Waals surface area contributed by atoms with Gasteiger partial charge in [-0.25, -0.2) is 0 Å². The summed E-state index contributed by atoms with van der Waals surface area (Å²) in [5.74, 6) is 1.30. The molecule has 0 bridgehead atoms. The Morgan fingerprint density at radius 2 is 1.86 bits per heavy atom. The third-order valence-corrected chi connectivity index (χ3v) is 6.60. The summed E-state index contributed by atoms with van der Waals surface area (Å²) in [6.07, 6.45) is 4.68. The standard InChI is InChI=1S/C22H27N3O3S/c26-29(27)21-11-3-2-10-20(21)22(24-29)23-12-7-15-28-19-9-6-8-18(16-19)17-25-13-4-1-5-14-25/h2-3,6,8-11,16H,1,4-5,7,12-15,17H2,(H,23,24). The Kier molecular flexibility index (Phi) is 6.16. The summed E-state index contributed by atoms with van der Waals surface area (Å²) in [6, 6.07) is 15.2. The molecule has 4 rings (SSSR count). The average Bonchev–Trinajstić information content (AvgIpc) is 2.99. The van der Waals surface area contributed by atoms with E-state index >= 15 is 0 Å². The molecule has 2 heterocycles. The lowest BCUT2D eigenvalue weighted by Crippen LogP contribution is -2.29. The largest absolute Gasteiger partial charge is 0.494 e. The summed E-state index contributed by atoms with van der Waals surface area (Å²) < 4.78 is 33.9. The molecule has 2 aliphatic heterocycles. The number of amidine groups is 1. The van der Waals surface area contributed by atoms with Crippen molar-refractivity contribution in [3.63, 3.8) is 0 Å². The van der Waals surface area contributed by atoms with Gasteiger partial charge in [0.1, 0.15) is 16.5 Å². The van der Waals surface area contributed by atoms with E-state index in [9.17, 15) is 8.42 Å². The van der Waals surface area contributed by atoms with Crippen molar-refractivity contribution in [2.24, 2.45) is 4.40 Å². The fraction of sp³-hybridized carbons (Fsp3) is 0.409. The number of piperidine rings is 1. The number of benzene rings is 2. The first-order valence-electron chi connectivity index (χ1n) is 10.2. The van der Waals surface area contributed by atoms with E-state index in [0.717, 1.165) is 18.7 Å². The highest BCUT2D eigenvalue weighted by Crippen LogP contribution is 2.24. The van der Waals surface area contributed by atoms with Gasteiger partial charge in [-0.3, -0.25) is 4.90 Å². The predicted octanol–water partition coefficient (Wildman–Crippen LogP) is 3.18. The first kappa shape index (κ1) is 19.9. The molecule has 0 aliphatic carbocycles. The number of rotatable bonds is 7. The molecule has 1 saturated heterocycles. The van der Waals surface area contributed by atoms with Gasteiger partial charge in [0.15, 0.2) is 0 Å². The van der Waals surface area contributed by atoms with Crippen molar-refractivity contribution in [1.29, 1.82) is 0 Å². The van der Waals surface area contributed by atoms with Crippen molar-refractivity contribution in [1.82, 2.24) is 10.2 Å². The third kappa shape index (κ3) is 4.97. The first-order chi connectivity index (χ1) is 14.1. The van der Waals surface area contributed by atoms with Crippen LogP contribution in [0, 0.1) is 0 Å². The second-order valence-corrected chi connectivity index (χ2v) is 9.10. The normalized spacial score (nSPS) is 18.1. The highest BCUT2D eigenvalue weighted by atomic mass is 32.2. The van der Waals surface area contributed by atoms with E-state index in [-0.39, 0.29) is 4.90 Å². The smallest absolute Gasteiger partial charge is 0.285 e. The fourth-order valence-corrected chi connectivity index (χ4v) is 5.01. The Balaban J connectivity index is 1.24. The van der Waals surface area contributed by atoms with Crippen LogP contribution >= 0.6 is 0 Å². The van der Waals surface area contributed by atoms with Crippen molar-refractivity contribution < 1.29 is 13.2 Å². The molecule has 0 atom stereocenters. The van der Waals surface area contributed by atoms with Gasteiger partial charge in [-0.05, 0) is 62.2 Å². The maximum atomic E-state index is 12.1. The monoisotopic (exact) mass is 413 g/mol. The van der Waals surface area contributed by atoms with Crippen LogP contribution in [-0.4, -0.2) is 45.4 Å². The molecule has 7 heteroatoms. The van der Waals surface area contributed by atoms with Gasteiger partial charge in [0.25, 0.3) is 10.0 Å². The zero-order valence-electron chi connectivity index (χ0n) is 16.5. The maximum Gasteiger partial charge on any atom is 0.285 e. The van der Waals surface area contributed by atoms with Crippen molar-refractivity contribution in [3.05, 3.63) is 59.7 Å². The van der Waals surface area contributed by atoms with Crippen LogP contribution < -0.4 is 10.1 Å². The van der Waals surface area contributed by atoms with E-state index in [1.165, 1.54) is 37.9 Å². The van der Waals surface area contributed by atoms with Crippen molar-refractivity contribution >= 4 is 15.9 Å². The minimum atomic E-state index is -3.57. The number of ether oxygens (including phenoxy) is 1. The van der Waals surface area contributed by atoms with Crippen LogP contribution in [0.3, 0.4) is 0 Å². The van der Waals surface area contributed by atoms with Crippen LogP contribution in [0.5, 0.6) is 5.75 Å². The van der Waals surface area contributed by atoms with Gasteiger partial charge in [-0.2, -0.15) is 8.42 Å². The van der Waals surface area contributed by atoms with Crippen LogP contribution in [-0.2, 0) is 16.6 Å². The van der Waals surface area contributed by atoms with E-state index < -0.39 is 10.0 Å². The summed E-state index contributed by atoms with van der Waals surface area (Å²) >= 11 is 0. The Labute approximate surface area is 172 Å². The molecular formula is C22H27N3O3S. The molecule has 2 aromatic carbocycles. The molecule has 0 unspecified atom stereocenters. The highest BCUT2D eigenvalue weighted by Gasteiger charge is 2.27. The third-order valence-electron chi connectivity index (χ3n) is 5.27. The topological polar surface area (TPSA) is 71.0 Å². The molecule has 2 aromatic rings. The van der Waals surface area contributed by atoms with E-state index in [0.29, 0.717) is 24.6 Å². The van der Waals surface area contributed by atoms with Gasteiger partial charge in [0.2, 0.25) is 0 Å². The number of likely N-dealkylation sites (tertiary alicyclic amines) is 1. The molecule has 154 valence electrons. The molecule has 0 amide bonds. The predicted molar refractivity (Wildman–Crippen MR) is 114 cm³/mol. The SMILES string of the molecule is O=S1(=O)N=C(NCCCOc2cccc(CN3CCCCC3)c2)c2ccccc21. The van der Waals surface area contributed by atoms with Gasteiger partial charge in [0, 0.05) is 18.7 Å².